The first kappa shape index (κ1) is 22.1. The number of hydrogen-bond donors (Lipinski definition) is 0. The molecule has 0 aliphatic carbocycles. The van der Waals surface area contributed by atoms with E-state index in [1.54, 1.807) is 12.1 Å². The van der Waals surface area contributed by atoms with Gasteiger partial charge in [0.15, 0.2) is 0 Å². The third kappa shape index (κ3) is 4.80. The maximum atomic E-state index is 14.5. The molecule has 28 heavy (non-hydrogen) atoms. The van der Waals surface area contributed by atoms with Gasteiger partial charge in [0.2, 0.25) is 0 Å². The number of benzene rings is 2. The third-order valence-corrected chi connectivity index (χ3v) is 5.97. The van der Waals surface area contributed by atoms with E-state index in [4.69, 9.17) is 0 Å². The van der Waals surface area contributed by atoms with Gasteiger partial charge in [0.25, 0.3) is 0 Å². The second kappa shape index (κ2) is 9.85. The fourth-order valence-corrected chi connectivity index (χ4v) is 4.17. The lowest BCUT2D eigenvalue weighted by atomic mass is 9.69. The number of nitrogens with zero attached hydrogens (tertiary/aromatic N) is 2. The molecule has 2 nitrogen and oxygen atoms in total. The number of hydrogen-bond acceptors (Lipinski definition) is 2. The normalized spacial score (nSPS) is 14.9. The summed E-state index contributed by atoms with van der Waals surface area (Å²) in [7, 11) is 0. The van der Waals surface area contributed by atoms with E-state index in [0.717, 1.165) is 13.0 Å². The molecule has 0 bridgehead atoms. The molecule has 0 aliphatic heterocycles. The molecule has 0 heterocycles. The molecule has 2 unspecified atom stereocenters. The first-order chi connectivity index (χ1) is 13.3. The van der Waals surface area contributed by atoms with Crippen molar-refractivity contribution in [3.8, 4) is 6.07 Å². The highest BCUT2D eigenvalue weighted by Gasteiger charge is 2.38. The van der Waals surface area contributed by atoms with Crippen molar-refractivity contribution in [3.63, 3.8) is 0 Å². The van der Waals surface area contributed by atoms with E-state index in [-0.39, 0.29) is 11.7 Å². The predicted molar refractivity (Wildman–Crippen MR) is 114 cm³/mol. The topological polar surface area (TPSA) is 27.0 Å². The fourth-order valence-electron chi connectivity index (χ4n) is 4.17. The molecule has 0 aliphatic rings. The SMILES string of the molecule is CC(C)N(CCCC(C#N)(c1ccccc1F)C(C)C)C(C)c1ccccc1. The first-order valence-electron chi connectivity index (χ1n) is 10.3. The highest BCUT2D eigenvalue weighted by molar-refractivity contribution is 5.34. The third-order valence-electron chi connectivity index (χ3n) is 5.97. The molecule has 2 aromatic rings. The molecule has 0 fully saturated rings. The summed E-state index contributed by atoms with van der Waals surface area (Å²) in [5.41, 5.74) is 1.02. The van der Waals surface area contributed by atoms with Gasteiger partial charge in [-0.15, -0.1) is 0 Å². The Morgan fingerprint density at radius 2 is 1.57 bits per heavy atom. The number of rotatable bonds is 9. The van der Waals surface area contributed by atoms with Crippen molar-refractivity contribution in [3.05, 3.63) is 71.5 Å². The van der Waals surface area contributed by atoms with Crippen LogP contribution in [0.3, 0.4) is 0 Å². The summed E-state index contributed by atoms with van der Waals surface area (Å²) in [6.07, 6.45) is 1.49. The van der Waals surface area contributed by atoms with Crippen LogP contribution >= 0.6 is 0 Å². The van der Waals surface area contributed by atoms with Crippen molar-refractivity contribution in [2.75, 3.05) is 6.54 Å². The van der Waals surface area contributed by atoms with E-state index >= 15 is 0 Å². The Balaban J connectivity index is 2.18. The molecule has 2 atom stereocenters. The van der Waals surface area contributed by atoms with Gasteiger partial charge in [-0.05, 0) is 57.7 Å². The second-order valence-corrected chi connectivity index (χ2v) is 8.24. The van der Waals surface area contributed by atoms with Crippen molar-refractivity contribution in [1.82, 2.24) is 4.90 Å². The lowest BCUT2D eigenvalue weighted by Gasteiger charge is -2.36. The minimum atomic E-state index is -0.802. The zero-order chi connectivity index (χ0) is 20.7. The van der Waals surface area contributed by atoms with Crippen LogP contribution in [0.1, 0.15) is 64.6 Å². The summed E-state index contributed by atoms with van der Waals surface area (Å²) in [5.74, 6) is -0.246. The molecule has 2 aromatic carbocycles. The van der Waals surface area contributed by atoms with Crippen molar-refractivity contribution >= 4 is 0 Å². The van der Waals surface area contributed by atoms with Crippen LogP contribution in [0, 0.1) is 23.1 Å². The summed E-state index contributed by atoms with van der Waals surface area (Å²) in [5, 5.41) is 10.1. The van der Waals surface area contributed by atoms with Crippen LogP contribution in [-0.4, -0.2) is 17.5 Å². The van der Waals surface area contributed by atoms with Crippen molar-refractivity contribution in [1.29, 1.82) is 5.26 Å². The molecule has 2 rings (SSSR count). The highest BCUT2D eigenvalue weighted by Crippen LogP contribution is 2.38. The van der Waals surface area contributed by atoms with Gasteiger partial charge < -0.3 is 0 Å². The zero-order valence-corrected chi connectivity index (χ0v) is 17.8. The van der Waals surface area contributed by atoms with E-state index in [1.165, 1.54) is 11.6 Å². The Morgan fingerprint density at radius 3 is 2.11 bits per heavy atom. The Kier molecular flexibility index (Phi) is 7.78. The van der Waals surface area contributed by atoms with Gasteiger partial charge in [-0.25, -0.2) is 4.39 Å². The highest BCUT2D eigenvalue weighted by atomic mass is 19.1. The molecular formula is C25H33FN2. The quantitative estimate of drug-likeness (QED) is 0.497. The van der Waals surface area contributed by atoms with Crippen LogP contribution in [0.25, 0.3) is 0 Å². The van der Waals surface area contributed by atoms with Crippen molar-refractivity contribution in [2.24, 2.45) is 5.92 Å². The largest absolute Gasteiger partial charge is 0.294 e. The molecule has 0 N–H and O–H groups in total. The fraction of sp³-hybridized carbons (Fsp3) is 0.480. The summed E-state index contributed by atoms with van der Waals surface area (Å²) in [4.78, 5) is 2.46. The van der Waals surface area contributed by atoms with E-state index in [1.807, 2.05) is 26.0 Å². The monoisotopic (exact) mass is 380 g/mol. The van der Waals surface area contributed by atoms with E-state index in [0.29, 0.717) is 24.1 Å². The van der Waals surface area contributed by atoms with Crippen LogP contribution in [-0.2, 0) is 5.41 Å². The Bertz CT molecular complexity index is 779. The number of nitriles is 1. The standard InChI is InChI=1S/C25H33FN2/c1-19(2)25(18-27,23-14-9-10-15-24(23)26)16-11-17-28(20(3)4)21(5)22-12-7-6-8-13-22/h6-10,12-15,19-21H,11,16-17H2,1-5H3. The lowest BCUT2D eigenvalue weighted by molar-refractivity contribution is 0.155. The molecule has 0 amide bonds. The van der Waals surface area contributed by atoms with E-state index in [2.05, 4.69) is 56.0 Å². The van der Waals surface area contributed by atoms with Gasteiger partial charge in [0.1, 0.15) is 5.82 Å². The van der Waals surface area contributed by atoms with Crippen LogP contribution in [0.5, 0.6) is 0 Å². The Morgan fingerprint density at radius 1 is 0.964 bits per heavy atom. The molecular weight excluding hydrogens is 347 g/mol. The zero-order valence-electron chi connectivity index (χ0n) is 17.8. The molecule has 0 saturated carbocycles. The summed E-state index contributed by atoms with van der Waals surface area (Å²) < 4.78 is 14.5. The summed E-state index contributed by atoms with van der Waals surface area (Å²) in [6.45, 7) is 11.5. The average Bonchev–Trinajstić information content (AvgIpc) is 2.69. The van der Waals surface area contributed by atoms with Gasteiger partial charge in [0.05, 0.1) is 11.5 Å². The smallest absolute Gasteiger partial charge is 0.128 e. The van der Waals surface area contributed by atoms with Crippen LogP contribution < -0.4 is 0 Å². The minimum Gasteiger partial charge on any atom is -0.294 e. The summed E-state index contributed by atoms with van der Waals surface area (Å²) >= 11 is 0. The summed E-state index contributed by atoms with van der Waals surface area (Å²) in [6, 6.07) is 20.4. The Hall–Kier alpha value is -2.18. The van der Waals surface area contributed by atoms with Gasteiger partial charge in [-0.2, -0.15) is 5.26 Å². The molecule has 3 heteroatoms. The van der Waals surface area contributed by atoms with Crippen LogP contribution in [0.2, 0.25) is 0 Å². The van der Waals surface area contributed by atoms with Crippen LogP contribution in [0.4, 0.5) is 4.39 Å². The molecule has 0 radical (unpaired) electrons. The molecule has 0 aromatic heterocycles. The second-order valence-electron chi connectivity index (χ2n) is 8.24. The minimum absolute atomic E-state index is 0.0356. The maximum Gasteiger partial charge on any atom is 0.128 e. The van der Waals surface area contributed by atoms with E-state index in [9.17, 15) is 9.65 Å². The lowest BCUT2D eigenvalue weighted by Crippen LogP contribution is -2.37. The van der Waals surface area contributed by atoms with Gasteiger partial charge in [-0.3, -0.25) is 4.90 Å². The van der Waals surface area contributed by atoms with E-state index < -0.39 is 5.41 Å². The van der Waals surface area contributed by atoms with Gasteiger partial charge in [-0.1, -0.05) is 62.4 Å². The first-order valence-corrected chi connectivity index (χ1v) is 10.3. The van der Waals surface area contributed by atoms with Crippen molar-refractivity contribution in [2.45, 2.75) is 65.0 Å². The Labute approximate surface area is 170 Å². The molecule has 0 saturated heterocycles. The van der Waals surface area contributed by atoms with Crippen LogP contribution in [0.15, 0.2) is 54.6 Å². The van der Waals surface area contributed by atoms with Crippen molar-refractivity contribution < 1.29 is 4.39 Å². The predicted octanol–water partition coefficient (Wildman–Crippen LogP) is 6.49. The molecule has 0 spiro atoms. The number of halogens is 1. The maximum absolute atomic E-state index is 14.5. The average molecular weight is 381 g/mol. The van der Waals surface area contributed by atoms with Gasteiger partial charge >= 0.3 is 0 Å². The van der Waals surface area contributed by atoms with Gasteiger partial charge in [0, 0.05) is 17.6 Å². The molecule has 150 valence electrons.